The highest BCUT2D eigenvalue weighted by atomic mass is 16.5. The Balaban J connectivity index is 3.37. The van der Waals surface area contributed by atoms with E-state index >= 15 is 0 Å². The number of benzene rings is 1. The van der Waals surface area contributed by atoms with Crippen LogP contribution in [0.2, 0.25) is 0 Å². The zero-order chi connectivity index (χ0) is 12.1. The first-order chi connectivity index (χ1) is 7.67. The van der Waals surface area contributed by atoms with Crippen LogP contribution in [0, 0.1) is 6.07 Å². The molecule has 0 fully saturated rings. The van der Waals surface area contributed by atoms with E-state index in [1.807, 2.05) is 0 Å². The molecule has 1 aromatic carbocycles. The Morgan fingerprint density at radius 3 is 2.25 bits per heavy atom. The van der Waals surface area contributed by atoms with Crippen molar-refractivity contribution >= 4 is 5.97 Å². The number of methoxy groups -OCH3 is 4. The van der Waals surface area contributed by atoms with Gasteiger partial charge < -0.3 is 18.9 Å². The fourth-order valence-corrected chi connectivity index (χ4v) is 1.23. The van der Waals surface area contributed by atoms with Crippen LogP contribution in [-0.4, -0.2) is 34.4 Å². The Hall–Kier alpha value is -1.91. The molecule has 5 heteroatoms. The lowest BCUT2D eigenvalue weighted by molar-refractivity contribution is 0.0593. The molecule has 0 saturated carbocycles. The van der Waals surface area contributed by atoms with Crippen LogP contribution in [0.3, 0.4) is 0 Å². The van der Waals surface area contributed by atoms with Gasteiger partial charge in [-0.05, 0) is 0 Å². The molecule has 0 aliphatic heterocycles. The molecule has 1 aromatic rings. The van der Waals surface area contributed by atoms with E-state index in [-0.39, 0.29) is 11.3 Å². The highest BCUT2D eigenvalue weighted by Gasteiger charge is 2.21. The van der Waals surface area contributed by atoms with Gasteiger partial charge in [0.25, 0.3) is 0 Å². The topological polar surface area (TPSA) is 54.0 Å². The van der Waals surface area contributed by atoms with Gasteiger partial charge in [0, 0.05) is 6.07 Å². The number of ether oxygens (including phenoxy) is 4. The van der Waals surface area contributed by atoms with Gasteiger partial charge in [0.2, 0.25) is 0 Å². The average Bonchev–Trinajstić information content (AvgIpc) is 2.35. The largest absolute Gasteiger partial charge is 0.496 e. The van der Waals surface area contributed by atoms with E-state index in [1.54, 1.807) is 0 Å². The Bertz CT molecular complexity index is 361. The summed E-state index contributed by atoms with van der Waals surface area (Å²) in [4.78, 5) is 11.5. The van der Waals surface area contributed by atoms with Gasteiger partial charge in [-0.15, -0.1) is 0 Å². The minimum absolute atomic E-state index is 0.188. The molecule has 0 bridgehead atoms. The summed E-state index contributed by atoms with van der Waals surface area (Å²) in [7, 11) is 5.64. The summed E-state index contributed by atoms with van der Waals surface area (Å²) < 4.78 is 19.7. The lowest BCUT2D eigenvalue weighted by Crippen LogP contribution is -2.07. The molecule has 16 heavy (non-hydrogen) atoms. The fourth-order valence-electron chi connectivity index (χ4n) is 1.23. The van der Waals surface area contributed by atoms with E-state index in [2.05, 4.69) is 10.8 Å². The number of carbonyl (C=O) groups excluding carboxylic acids is 1. The zero-order valence-electron chi connectivity index (χ0n) is 9.62. The number of carbonyl (C=O) groups is 1. The lowest BCUT2D eigenvalue weighted by atomic mass is 10.1. The number of hydrogen-bond acceptors (Lipinski definition) is 5. The summed E-state index contributed by atoms with van der Waals surface area (Å²) >= 11 is 0. The molecular formula is C11H13O5. The molecule has 1 rings (SSSR count). The highest BCUT2D eigenvalue weighted by Crippen LogP contribution is 2.33. The van der Waals surface area contributed by atoms with E-state index in [1.165, 1.54) is 34.5 Å². The smallest absolute Gasteiger partial charge is 0.345 e. The van der Waals surface area contributed by atoms with E-state index in [0.29, 0.717) is 11.5 Å². The number of esters is 1. The van der Waals surface area contributed by atoms with Crippen LogP contribution in [0.15, 0.2) is 6.07 Å². The molecule has 87 valence electrons. The van der Waals surface area contributed by atoms with Crippen LogP contribution < -0.4 is 14.2 Å². The number of hydrogen-bond donors (Lipinski definition) is 0. The van der Waals surface area contributed by atoms with Crippen LogP contribution in [-0.2, 0) is 4.74 Å². The van der Waals surface area contributed by atoms with Crippen molar-refractivity contribution in [3.63, 3.8) is 0 Å². The molecular weight excluding hydrogens is 212 g/mol. The first-order valence-electron chi connectivity index (χ1n) is 4.48. The molecule has 0 amide bonds. The van der Waals surface area contributed by atoms with Crippen molar-refractivity contribution in [2.45, 2.75) is 0 Å². The molecule has 5 nitrogen and oxygen atoms in total. The fraction of sp³-hybridized carbons (Fsp3) is 0.364. The Morgan fingerprint density at radius 1 is 1.12 bits per heavy atom. The average molecular weight is 225 g/mol. The highest BCUT2D eigenvalue weighted by molar-refractivity contribution is 5.95. The molecule has 0 N–H and O–H groups in total. The third kappa shape index (κ3) is 2.18. The molecule has 0 spiro atoms. The summed E-state index contributed by atoms with van der Waals surface area (Å²) in [5.41, 5.74) is 0.188. The SMILES string of the molecule is COC(=O)c1c(OC)[c]c(OC)cc1OC. The molecule has 0 saturated heterocycles. The van der Waals surface area contributed by atoms with E-state index in [9.17, 15) is 4.79 Å². The summed E-state index contributed by atoms with van der Waals surface area (Å²) in [5, 5.41) is 0. The lowest BCUT2D eigenvalue weighted by Gasteiger charge is -2.12. The Labute approximate surface area is 93.9 Å². The minimum Gasteiger partial charge on any atom is -0.496 e. The van der Waals surface area contributed by atoms with Crippen LogP contribution >= 0.6 is 0 Å². The van der Waals surface area contributed by atoms with E-state index in [4.69, 9.17) is 14.2 Å². The summed E-state index contributed by atoms with van der Waals surface area (Å²) in [6.45, 7) is 0. The molecule has 0 aliphatic carbocycles. The third-order valence-electron chi connectivity index (χ3n) is 2.01. The standard InChI is InChI=1S/C11H13O5/c1-13-7-5-8(14-2)10(11(12)16-4)9(6-7)15-3/h5H,1-4H3. The van der Waals surface area contributed by atoms with Gasteiger partial charge in [0.05, 0.1) is 34.5 Å². The van der Waals surface area contributed by atoms with Gasteiger partial charge in [-0.1, -0.05) is 0 Å². The zero-order valence-corrected chi connectivity index (χ0v) is 9.62. The monoisotopic (exact) mass is 225 g/mol. The maximum atomic E-state index is 11.5. The Kier molecular flexibility index (Phi) is 3.99. The van der Waals surface area contributed by atoms with E-state index < -0.39 is 5.97 Å². The maximum absolute atomic E-state index is 11.5. The molecule has 0 unspecified atom stereocenters. The van der Waals surface area contributed by atoms with Crippen LogP contribution in [0.4, 0.5) is 0 Å². The van der Waals surface area contributed by atoms with Crippen molar-refractivity contribution in [2.24, 2.45) is 0 Å². The van der Waals surface area contributed by atoms with Crippen molar-refractivity contribution in [3.05, 3.63) is 17.7 Å². The van der Waals surface area contributed by atoms with Crippen molar-refractivity contribution in [2.75, 3.05) is 28.4 Å². The second-order valence-electron chi connectivity index (χ2n) is 2.81. The quantitative estimate of drug-likeness (QED) is 0.723. The van der Waals surface area contributed by atoms with Crippen molar-refractivity contribution < 1.29 is 23.7 Å². The predicted molar refractivity (Wildman–Crippen MR) is 56.3 cm³/mol. The minimum atomic E-state index is -0.549. The predicted octanol–water partition coefficient (Wildman–Crippen LogP) is 1.30. The molecule has 0 aromatic heterocycles. The van der Waals surface area contributed by atoms with Gasteiger partial charge in [-0.2, -0.15) is 0 Å². The molecule has 0 atom stereocenters. The maximum Gasteiger partial charge on any atom is 0.345 e. The van der Waals surface area contributed by atoms with Crippen molar-refractivity contribution in [1.29, 1.82) is 0 Å². The first-order valence-corrected chi connectivity index (χ1v) is 4.48. The van der Waals surface area contributed by atoms with Gasteiger partial charge >= 0.3 is 5.97 Å². The summed E-state index contributed by atoms with van der Waals surface area (Å²) in [5.74, 6) is 0.413. The van der Waals surface area contributed by atoms with Gasteiger partial charge in [0.15, 0.2) is 0 Å². The molecule has 0 aliphatic rings. The van der Waals surface area contributed by atoms with E-state index in [0.717, 1.165) is 0 Å². The van der Waals surface area contributed by atoms with Crippen LogP contribution in [0.5, 0.6) is 17.2 Å². The van der Waals surface area contributed by atoms with Gasteiger partial charge in [0.1, 0.15) is 22.8 Å². The van der Waals surface area contributed by atoms with Crippen molar-refractivity contribution in [1.82, 2.24) is 0 Å². The normalized spacial score (nSPS) is 9.50. The summed E-state index contributed by atoms with van der Waals surface area (Å²) in [6.07, 6.45) is 0. The second kappa shape index (κ2) is 5.25. The van der Waals surface area contributed by atoms with Gasteiger partial charge in [-0.3, -0.25) is 0 Å². The molecule has 1 radical (unpaired) electrons. The van der Waals surface area contributed by atoms with Gasteiger partial charge in [-0.25, -0.2) is 4.79 Å². The second-order valence-corrected chi connectivity index (χ2v) is 2.81. The van der Waals surface area contributed by atoms with Crippen molar-refractivity contribution in [3.8, 4) is 17.2 Å². The third-order valence-corrected chi connectivity index (χ3v) is 2.01. The number of rotatable bonds is 4. The van der Waals surface area contributed by atoms with Crippen LogP contribution in [0.25, 0.3) is 0 Å². The first kappa shape index (κ1) is 12.2. The summed E-state index contributed by atoms with van der Waals surface area (Å²) in [6, 6.07) is 4.31. The molecule has 0 heterocycles. The van der Waals surface area contributed by atoms with Crippen LogP contribution in [0.1, 0.15) is 10.4 Å². The Morgan fingerprint density at radius 2 is 1.81 bits per heavy atom.